The van der Waals surface area contributed by atoms with Gasteiger partial charge in [-0.3, -0.25) is 0 Å². The molecule has 11 aromatic rings. The van der Waals surface area contributed by atoms with Crippen LogP contribution in [0.15, 0.2) is 197 Å². The van der Waals surface area contributed by atoms with E-state index >= 15 is 0 Å². The maximum atomic E-state index is 6.73. The van der Waals surface area contributed by atoms with E-state index in [1.165, 1.54) is 21.5 Å². The lowest BCUT2D eigenvalue weighted by atomic mass is 9.98. The van der Waals surface area contributed by atoms with Crippen molar-refractivity contribution in [1.29, 1.82) is 0 Å². The summed E-state index contributed by atoms with van der Waals surface area (Å²) in [6, 6.07) is 66.8. The minimum absolute atomic E-state index is 0.868. The summed E-state index contributed by atoms with van der Waals surface area (Å²) in [5.74, 6) is 0. The van der Waals surface area contributed by atoms with Crippen LogP contribution < -0.4 is 4.90 Å². The summed E-state index contributed by atoms with van der Waals surface area (Å²) in [6.45, 7) is 0. The van der Waals surface area contributed by atoms with Gasteiger partial charge in [0.25, 0.3) is 0 Å². The zero-order valence-electron chi connectivity index (χ0n) is 28.7. The van der Waals surface area contributed by atoms with Gasteiger partial charge < -0.3 is 13.7 Å². The van der Waals surface area contributed by atoms with Crippen molar-refractivity contribution in [2.75, 3.05) is 4.90 Å². The van der Waals surface area contributed by atoms with Crippen LogP contribution in [-0.2, 0) is 0 Å². The molecule has 3 nitrogen and oxygen atoms in total. The Morgan fingerprint density at radius 2 is 0.962 bits per heavy atom. The molecule has 0 radical (unpaired) electrons. The third-order valence-corrected chi connectivity index (χ3v) is 10.7. The number of anilines is 3. The van der Waals surface area contributed by atoms with E-state index in [1.54, 1.807) is 0 Å². The molecule has 2 heterocycles. The van der Waals surface area contributed by atoms with Gasteiger partial charge in [0, 0.05) is 33.1 Å². The van der Waals surface area contributed by atoms with Gasteiger partial charge >= 0.3 is 0 Å². The van der Waals surface area contributed by atoms with Crippen LogP contribution in [0.25, 0.3) is 87.7 Å². The van der Waals surface area contributed by atoms with Crippen molar-refractivity contribution in [2.45, 2.75) is 0 Å². The molecular weight excluding hydrogens is 647 g/mol. The molecule has 2 aromatic heterocycles. The molecule has 11 rings (SSSR count). The number of furan rings is 2. The average molecular weight is 678 g/mol. The highest BCUT2D eigenvalue weighted by Gasteiger charge is 2.22. The average Bonchev–Trinajstić information content (AvgIpc) is 3.80. The summed E-state index contributed by atoms with van der Waals surface area (Å²) < 4.78 is 13.0. The van der Waals surface area contributed by atoms with Gasteiger partial charge in [-0.1, -0.05) is 127 Å². The van der Waals surface area contributed by atoms with Crippen LogP contribution in [0, 0.1) is 0 Å². The fourth-order valence-electron chi connectivity index (χ4n) is 8.11. The van der Waals surface area contributed by atoms with Gasteiger partial charge in [-0.15, -0.1) is 0 Å². The summed E-state index contributed by atoms with van der Waals surface area (Å²) in [4.78, 5) is 2.38. The second kappa shape index (κ2) is 11.7. The van der Waals surface area contributed by atoms with Crippen molar-refractivity contribution in [2.24, 2.45) is 0 Å². The van der Waals surface area contributed by atoms with Crippen molar-refractivity contribution in [3.05, 3.63) is 188 Å². The molecule has 0 aliphatic carbocycles. The van der Waals surface area contributed by atoms with E-state index in [9.17, 15) is 0 Å². The minimum Gasteiger partial charge on any atom is -0.456 e. The van der Waals surface area contributed by atoms with Crippen LogP contribution in [0.3, 0.4) is 0 Å². The van der Waals surface area contributed by atoms with Crippen molar-refractivity contribution in [3.63, 3.8) is 0 Å². The molecule has 0 atom stereocenters. The smallest absolute Gasteiger partial charge is 0.145 e. The van der Waals surface area contributed by atoms with Gasteiger partial charge in [0.15, 0.2) is 0 Å². The number of nitrogens with zero attached hydrogens (tertiary/aromatic N) is 1. The number of para-hydroxylation sites is 2. The number of hydrogen-bond donors (Lipinski definition) is 0. The van der Waals surface area contributed by atoms with E-state index in [0.29, 0.717) is 0 Å². The first-order valence-electron chi connectivity index (χ1n) is 18.0. The largest absolute Gasteiger partial charge is 0.456 e. The third kappa shape index (κ3) is 4.75. The molecule has 0 aliphatic rings. The number of benzene rings is 9. The fraction of sp³-hybridized carbons (Fsp3) is 0. The lowest BCUT2D eigenvalue weighted by Gasteiger charge is -2.27. The lowest BCUT2D eigenvalue weighted by Crippen LogP contribution is -2.10. The zero-order chi connectivity index (χ0) is 34.9. The van der Waals surface area contributed by atoms with E-state index in [4.69, 9.17) is 8.83 Å². The Hall–Kier alpha value is -7.10. The monoisotopic (exact) mass is 677 g/mol. The molecule has 0 aliphatic heterocycles. The lowest BCUT2D eigenvalue weighted by molar-refractivity contribution is 0.669. The van der Waals surface area contributed by atoms with Crippen molar-refractivity contribution < 1.29 is 8.83 Å². The van der Waals surface area contributed by atoms with Crippen LogP contribution in [0.2, 0.25) is 0 Å². The Labute approximate surface area is 305 Å². The van der Waals surface area contributed by atoms with Crippen molar-refractivity contribution in [1.82, 2.24) is 0 Å². The van der Waals surface area contributed by atoms with Crippen LogP contribution in [0.1, 0.15) is 0 Å². The van der Waals surface area contributed by atoms with Crippen molar-refractivity contribution >= 4 is 82.5 Å². The van der Waals surface area contributed by atoms with E-state index in [-0.39, 0.29) is 0 Å². The van der Waals surface area contributed by atoms with Gasteiger partial charge in [0.05, 0.1) is 11.1 Å². The first-order valence-corrected chi connectivity index (χ1v) is 18.0. The maximum Gasteiger partial charge on any atom is 0.145 e. The van der Waals surface area contributed by atoms with Crippen LogP contribution in [0.4, 0.5) is 17.1 Å². The Kier molecular flexibility index (Phi) is 6.55. The summed E-state index contributed by atoms with van der Waals surface area (Å²) in [6.07, 6.45) is 0. The van der Waals surface area contributed by atoms with Gasteiger partial charge in [0.1, 0.15) is 22.3 Å². The molecule has 0 saturated heterocycles. The quantitative estimate of drug-likeness (QED) is 0.170. The highest BCUT2D eigenvalue weighted by atomic mass is 16.3. The third-order valence-electron chi connectivity index (χ3n) is 10.7. The highest BCUT2D eigenvalue weighted by Crippen LogP contribution is 2.47. The minimum atomic E-state index is 0.868. The van der Waals surface area contributed by atoms with Gasteiger partial charge in [-0.05, 0) is 98.9 Å². The van der Waals surface area contributed by atoms with E-state index in [2.05, 4.69) is 175 Å². The molecule has 9 aromatic carbocycles. The Bertz CT molecular complexity index is 3170. The second-order valence-electron chi connectivity index (χ2n) is 13.7. The SMILES string of the molecule is c1ccc(-c2ccc(N(c3ccc(-c4ccc5c(c4)oc4ccccc45)cc3)c3ccc4ccc5ccccc5c4c3)c3c2oc2ccccc23)cc1. The predicted molar refractivity (Wildman–Crippen MR) is 222 cm³/mol. The molecular formula is C50H31NO2. The normalized spacial score (nSPS) is 11.8. The fourth-order valence-corrected chi connectivity index (χ4v) is 8.11. The maximum absolute atomic E-state index is 6.73. The molecule has 0 bridgehead atoms. The van der Waals surface area contributed by atoms with Crippen LogP contribution in [-0.4, -0.2) is 0 Å². The van der Waals surface area contributed by atoms with E-state index in [0.717, 1.165) is 83.2 Å². The molecule has 0 N–H and O–H groups in total. The number of rotatable bonds is 5. The molecule has 0 spiro atoms. The Balaban J connectivity index is 1.13. The van der Waals surface area contributed by atoms with Gasteiger partial charge in [-0.25, -0.2) is 0 Å². The summed E-state index contributed by atoms with van der Waals surface area (Å²) >= 11 is 0. The molecule has 0 fully saturated rings. The Morgan fingerprint density at radius 1 is 0.340 bits per heavy atom. The molecule has 0 saturated carbocycles. The number of fused-ring (bicyclic) bond motifs is 9. The first-order chi connectivity index (χ1) is 26.3. The molecule has 0 unspecified atom stereocenters. The number of hydrogen-bond acceptors (Lipinski definition) is 3. The molecule has 53 heavy (non-hydrogen) atoms. The summed E-state index contributed by atoms with van der Waals surface area (Å²) in [5, 5.41) is 9.33. The van der Waals surface area contributed by atoms with Gasteiger partial charge in [-0.2, -0.15) is 0 Å². The highest BCUT2D eigenvalue weighted by molar-refractivity contribution is 6.17. The Morgan fingerprint density at radius 3 is 1.79 bits per heavy atom. The zero-order valence-corrected chi connectivity index (χ0v) is 28.7. The van der Waals surface area contributed by atoms with E-state index < -0.39 is 0 Å². The molecule has 0 amide bonds. The molecule has 3 heteroatoms. The topological polar surface area (TPSA) is 29.5 Å². The van der Waals surface area contributed by atoms with Crippen LogP contribution in [0.5, 0.6) is 0 Å². The molecule has 248 valence electrons. The standard InChI is InChI=1S/C50H31NO2/c1-2-10-33(11-3-1)40-28-29-45(49-43-15-7-9-17-47(43)53-50(40)49)51(38-26-22-35-19-18-34-12-4-5-13-39(34)44(35)31-38)37-24-20-32(21-25-37)36-23-27-42-41-14-6-8-16-46(41)52-48(42)30-36/h1-31H. The second-order valence-corrected chi connectivity index (χ2v) is 13.7. The van der Waals surface area contributed by atoms with E-state index in [1.807, 2.05) is 18.2 Å². The summed E-state index contributed by atoms with van der Waals surface area (Å²) in [5.41, 5.74) is 11.2. The van der Waals surface area contributed by atoms with Gasteiger partial charge in [0.2, 0.25) is 0 Å². The first kappa shape index (κ1) is 29.6. The van der Waals surface area contributed by atoms with Crippen LogP contribution >= 0.6 is 0 Å². The predicted octanol–water partition coefficient (Wildman–Crippen LogP) is 14.6. The summed E-state index contributed by atoms with van der Waals surface area (Å²) in [7, 11) is 0. The van der Waals surface area contributed by atoms with Crippen molar-refractivity contribution in [3.8, 4) is 22.3 Å².